The second-order valence-corrected chi connectivity index (χ2v) is 6.19. The molecule has 2 unspecified atom stereocenters. The lowest BCUT2D eigenvalue weighted by Gasteiger charge is -2.32. The van der Waals surface area contributed by atoms with Gasteiger partial charge in [-0.05, 0) is 51.4 Å². The summed E-state index contributed by atoms with van der Waals surface area (Å²) in [5.74, 6) is 1.92. The van der Waals surface area contributed by atoms with Crippen molar-refractivity contribution in [3.05, 3.63) is 0 Å². The van der Waals surface area contributed by atoms with E-state index in [1.54, 1.807) is 0 Å². The van der Waals surface area contributed by atoms with Crippen molar-refractivity contribution in [2.75, 3.05) is 0 Å². The molecule has 0 saturated heterocycles. The predicted octanol–water partition coefficient (Wildman–Crippen LogP) is 4.12. The molecule has 1 N–H and O–H groups in total. The Morgan fingerprint density at radius 1 is 0.688 bits per heavy atom. The van der Waals surface area contributed by atoms with E-state index < -0.39 is 0 Å². The lowest BCUT2D eigenvalue weighted by molar-refractivity contribution is 0.244. The monoisotopic (exact) mass is 223 g/mol. The van der Waals surface area contributed by atoms with Crippen LogP contribution in [0.15, 0.2) is 0 Å². The van der Waals surface area contributed by atoms with Gasteiger partial charge >= 0.3 is 0 Å². The van der Waals surface area contributed by atoms with Gasteiger partial charge in [0.25, 0.3) is 0 Å². The smallest absolute Gasteiger partial charge is 0.00695 e. The van der Waals surface area contributed by atoms with Crippen LogP contribution in [-0.2, 0) is 0 Å². The molecular weight excluding hydrogens is 194 g/mol. The van der Waals surface area contributed by atoms with E-state index in [4.69, 9.17) is 0 Å². The number of rotatable bonds is 4. The fraction of sp³-hybridized carbons (Fsp3) is 1.00. The second kappa shape index (κ2) is 6.05. The van der Waals surface area contributed by atoms with Gasteiger partial charge in [0.1, 0.15) is 0 Å². The Bertz CT molecular complexity index is 190. The van der Waals surface area contributed by atoms with E-state index in [1.165, 1.54) is 57.8 Å². The Balaban J connectivity index is 1.74. The molecule has 2 saturated carbocycles. The number of nitrogens with one attached hydrogen (secondary N) is 1. The highest BCUT2D eigenvalue weighted by molar-refractivity contribution is 4.83. The molecule has 1 heteroatoms. The summed E-state index contributed by atoms with van der Waals surface area (Å²) in [5.41, 5.74) is 0. The summed E-state index contributed by atoms with van der Waals surface area (Å²) in [6, 6.07) is 1.50. The van der Waals surface area contributed by atoms with Gasteiger partial charge in [-0.25, -0.2) is 0 Å². The SMILES string of the molecule is CC(NC(C)C1CCCC1)C1CCCCC1. The second-order valence-electron chi connectivity index (χ2n) is 6.19. The molecule has 2 aliphatic rings. The minimum absolute atomic E-state index is 0.746. The molecular formula is C15H29N. The van der Waals surface area contributed by atoms with E-state index in [1.807, 2.05) is 0 Å². The van der Waals surface area contributed by atoms with Crippen LogP contribution in [0.2, 0.25) is 0 Å². The van der Waals surface area contributed by atoms with Crippen molar-refractivity contribution in [2.24, 2.45) is 11.8 Å². The average molecular weight is 223 g/mol. The highest BCUT2D eigenvalue weighted by Crippen LogP contribution is 2.30. The van der Waals surface area contributed by atoms with Crippen molar-refractivity contribution >= 4 is 0 Å². The Morgan fingerprint density at radius 2 is 1.06 bits per heavy atom. The van der Waals surface area contributed by atoms with Crippen LogP contribution in [0.3, 0.4) is 0 Å². The minimum Gasteiger partial charge on any atom is -0.311 e. The molecule has 0 bridgehead atoms. The first-order chi connectivity index (χ1) is 7.77. The van der Waals surface area contributed by atoms with Gasteiger partial charge < -0.3 is 5.32 Å². The van der Waals surface area contributed by atoms with E-state index in [0.717, 1.165) is 23.9 Å². The number of hydrogen-bond acceptors (Lipinski definition) is 1. The first-order valence-corrected chi connectivity index (χ1v) is 7.53. The lowest BCUT2D eigenvalue weighted by Crippen LogP contribution is -2.43. The van der Waals surface area contributed by atoms with Gasteiger partial charge in [0.05, 0.1) is 0 Å². The lowest BCUT2D eigenvalue weighted by atomic mass is 9.84. The summed E-state index contributed by atoms with van der Waals surface area (Å²) in [6.07, 6.45) is 13.2. The van der Waals surface area contributed by atoms with Crippen LogP contribution in [0.5, 0.6) is 0 Å². The fourth-order valence-electron chi connectivity index (χ4n) is 3.78. The molecule has 0 heterocycles. The standard InChI is InChI=1S/C15H29N/c1-12(14-8-4-3-5-9-14)16-13(2)15-10-6-7-11-15/h12-16H,3-11H2,1-2H3. The Labute approximate surface area is 101 Å². The van der Waals surface area contributed by atoms with Gasteiger partial charge in [-0.2, -0.15) is 0 Å². The molecule has 2 fully saturated rings. The van der Waals surface area contributed by atoms with Crippen molar-refractivity contribution in [1.82, 2.24) is 5.32 Å². The summed E-state index contributed by atoms with van der Waals surface area (Å²) in [7, 11) is 0. The van der Waals surface area contributed by atoms with Gasteiger partial charge in [0.15, 0.2) is 0 Å². The van der Waals surface area contributed by atoms with Crippen LogP contribution < -0.4 is 5.32 Å². The molecule has 94 valence electrons. The van der Waals surface area contributed by atoms with Gasteiger partial charge in [-0.1, -0.05) is 32.1 Å². The Morgan fingerprint density at radius 3 is 1.50 bits per heavy atom. The molecule has 0 aliphatic heterocycles. The average Bonchev–Trinajstić information content (AvgIpc) is 2.83. The molecule has 16 heavy (non-hydrogen) atoms. The molecule has 0 amide bonds. The van der Waals surface area contributed by atoms with Gasteiger partial charge in [0.2, 0.25) is 0 Å². The highest BCUT2D eigenvalue weighted by Gasteiger charge is 2.25. The van der Waals surface area contributed by atoms with E-state index in [9.17, 15) is 0 Å². The van der Waals surface area contributed by atoms with Gasteiger partial charge in [-0.15, -0.1) is 0 Å². The Kier molecular flexibility index (Phi) is 4.69. The molecule has 0 spiro atoms. The first kappa shape index (κ1) is 12.4. The van der Waals surface area contributed by atoms with Crippen molar-refractivity contribution in [3.8, 4) is 0 Å². The van der Waals surface area contributed by atoms with Crippen molar-refractivity contribution < 1.29 is 0 Å². The fourth-order valence-corrected chi connectivity index (χ4v) is 3.78. The normalized spacial score (nSPS) is 28.1. The summed E-state index contributed by atoms with van der Waals surface area (Å²) in [5, 5.41) is 3.89. The summed E-state index contributed by atoms with van der Waals surface area (Å²) >= 11 is 0. The maximum absolute atomic E-state index is 3.89. The molecule has 2 aliphatic carbocycles. The largest absolute Gasteiger partial charge is 0.311 e. The third kappa shape index (κ3) is 3.23. The zero-order valence-electron chi connectivity index (χ0n) is 11.2. The number of hydrogen-bond donors (Lipinski definition) is 1. The quantitative estimate of drug-likeness (QED) is 0.756. The topological polar surface area (TPSA) is 12.0 Å². The van der Waals surface area contributed by atoms with Crippen LogP contribution in [-0.4, -0.2) is 12.1 Å². The van der Waals surface area contributed by atoms with Crippen LogP contribution in [0, 0.1) is 11.8 Å². The minimum atomic E-state index is 0.746. The Hall–Kier alpha value is -0.0400. The predicted molar refractivity (Wildman–Crippen MR) is 70.6 cm³/mol. The van der Waals surface area contributed by atoms with Crippen LogP contribution in [0.1, 0.15) is 71.6 Å². The van der Waals surface area contributed by atoms with Crippen molar-refractivity contribution in [2.45, 2.75) is 83.7 Å². The van der Waals surface area contributed by atoms with Crippen LogP contribution in [0.4, 0.5) is 0 Å². The van der Waals surface area contributed by atoms with Gasteiger partial charge in [-0.3, -0.25) is 0 Å². The highest BCUT2D eigenvalue weighted by atomic mass is 15.0. The third-order valence-corrected chi connectivity index (χ3v) is 4.99. The molecule has 0 aromatic carbocycles. The zero-order valence-corrected chi connectivity index (χ0v) is 11.2. The zero-order chi connectivity index (χ0) is 11.4. The third-order valence-electron chi connectivity index (χ3n) is 4.99. The summed E-state index contributed by atoms with van der Waals surface area (Å²) in [6.45, 7) is 4.83. The molecule has 2 atom stereocenters. The molecule has 1 nitrogen and oxygen atoms in total. The van der Waals surface area contributed by atoms with Crippen molar-refractivity contribution in [3.63, 3.8) is 0 Å². The summed E-state index contributed by atoms with van der Waals surface area (Å²) < 4.78 is 0. The van der Waals surface area contributed by atoms with Crippen molar-refractivity contribution in [1.29, 1.82) is 0 Å². The van der Waals surface area contributed by atoms with E-state index in [0.29, 0.717) is 0 Å². The first-order valence-electron chi connectivity index (χ1n) is 7.53. The molecule has 0 aromatic rings. The van der Waals surface area contributed by atoms with E-state index in [2.05, 4.69) is 19.2 Å². The van der Waals surface area contributed by atoms with Crippen LogP contribution in [0.25, 0.3) is 0 Å². The maximum Gasteiger partial charge on any atom is 0.00695 e. The maximum atomic E-state index is 3.89. The summed E-state index contributed by atoms with van der Waals surface area (Å²) in [4.78, 5) is 0. The molecule has 2 rings (SSSR count). The van der Waals surface area contributed by atoms with Gasteiger partial charge in [0, 0.05) is 12.1 Å². The van der Waals surface area contributed by atoms with Crippen LogP contribution >= 0.6 is 0 Å². The molecule has 0 radical (unpaired) electrons. The molecule has 0 aromatic heterocycles. The van der Waals surface area contributed by atoms with E-state index >= 15 is 0 Å². The van der Waals surface area contributed by atoms with E-state index in [-0.39, 0.29) is 0 Å².